The van der Waals surface area contributed by atoms with Crippen LogP contribution in [0.4, 0.5) is 18.0 Å². The number of hydrogen-bond donors (Lipinski definition) is 2. The van der Waals surface area contributed by atoms with Gasteiger partial charge in [0.25, 0.3) is 0 Å². The van der Waals surface area contributed by atoms with Crippen molar-refractivity contribution in [3.63, 3.8) is 0 Å². The van der Waals surface area contributed by atoms with Crippen molar-refractivity contribution in [1.29, 1.82) is 10.5 Å². The molecule has 0 bridgehead atoms. The summed E-state index contributed by atoms with van der Waals surface area (Å²) in [7, 11) is -4.38. The first-order chi connectivity index (χ1) is 16.4. The zero-order chi connectivity index (χ0) is 26.4. The molecule has 2 N–H and O–H groups in total. The number of halogens is 3. The van der Waals surface area contributed by atoms with Crippen LogP contribution in [0.5, 0.6) is 0 Å². The summed E-state index contributed by atoms with van der Waals surface area (Å²) in [6, 6.07) is 5.66. The molecule has 1 aliphatic heterocycles. The van der Waals surface area contributed by atoms with Crippen molar-refractivity contribution in [2.75, 3.05) is 19.8 Å². The Kier molecular flexibility index (Phi) is 8.82. The van der Waals surface area contributed by atoms with Gasteiger partial charge in [-0.05, 0) is 37.6 Å². The molecular weight excluding hydrogens is 487 g/mol. The van der Waals surface area contributed by atoms with E-state index in [0.29, 0.717) is 5.70 Å². The Labute approximate surface area is 200 Å². The van der Waals surface area contributed by atoms with Crippen molar-refractivity contribution in [2.45, 2.75) is 31.0 Å². The first-order valence-electron chi connectivity index (χ1n) is 10.1. The molecule has 0 aliphatic carbocycles. The van der Waals surface area contributed by atoms with E-state index >= 15 is 0 Å². The molecule has 186 valence electrons. The van der Waals surface area contributed by atoms with Crippen molar-refractivity contribution >= 4 is 16.1 Å². The number of nitrogens with one attached hydrogen (secondary N) is 2. The zero-order valence-corrected chi connectivity index (χ0v) is 19.6. The number of ether oxygens (including phenoxy) is 1. The molecule has 0 aromatic heterocycles. The minimum atomic E-state index is -4.56. The maximum Gasteiger partial charge on any atom is 0.411 e. The first-order valence-corrected chi connectivity index (χ1v) is 11.6. The van der Waals surface area contributed by atoms with E-state index in [1.165, 1.54) is 30.0 Å². The number of nitrogens with zero attached hydrogens (tertiary/aromatic N) is 3. The first kappa shape index (κ1) is 27.6. The second-order valence-electron chi connectivity index (χ2n) is 7.18. The van der Waals surface area contributed by atoms with Gasteiger partial charge >= 0.3 is 12.2 Å². The Morgan fingerprint density at radius 1 is 1.34 bits per heavy atom. The van der Waals surface area contributed by atoms with Crippen molar-refractivity contribution in [2.24, 2.45) is 0 Å². The summed E-state index contributed by atoms with van der Waals surface area (Å²) in [4.78, 5) is 13.7. The average Bonchev–Trinajstić information content (AvgIpc) is 2.80. The van der Waals surface area contributed by atoms with Crippen LogP contribution in [-0.2, 0) is 14.8 Å². The molecule has 1 aliphatic rings. The topological polar surface area (TPSA) is 135 Å². The van der Waals surface area contributed by atoms with Gasteiger partial charge < -0.3 is 10.1 Å². The SMILES string of the molecule is C=C/C(=C\C)N1C(=O)N[C@H](c2ccc(C#N)cc2S(=O)(=O)NCCOCC(F)(F)F)C(C#N)=C1C. The fourth-order valence-electron chi connectivity index (χ4n) is 3.36. The third kappa shape index (κ3) is 6.48. The minimum absolute atomic E-state index is 0.00255. The number of benzene rings is 1. The summed E-state index contributed by atoms with van der Waals surface area (Å²) >= 11 is 0. The third-order valence-electron chi connectivity index (χ3n) is 4.92. The number of amides is 2. The second-order valence-corrected chi connectivity index (χ2v) is 8.91. The molecule has 13 heteroatoms. The molecule has 2 amide bonds. The fraction of sp³-hybridized carbons (Fsp3) is 0.318. The normalized spacial score (nSPS) is 17.0. The molecule has 1 atom stereocenters. The number of carbonyl (C=O) groups excluding carboxylic acids is 1. The summed E-state index contributed by atoms with van der Waals surface area (Å²) in [5.41, 5.74) is 0.667. The predicted octanol–water partition coefficient (Wildman–Crippen LogP) is 3.37. The summed E-state index contributed by atoms with van der Waals surface area (Å²) in [5.74, 6) is 0. The Bertz CT molecular complexity index is 1260. The van der Waals surface area contributed by atoms with Gasteiger partial charge in [-0.1, -0.05) is 18.7 Å². The predicted molar refractivity (Wildman–Crippen MR) is 119 cm³/mol. The molecule has 35 heavy (non-hydrogen) atoms. The van der Waals surface area contributed by atoms with Crippen LogP contribution in [0, 0.1) is 22.7 Å². The number of carbonyl (C=O) groups is 1. The number of alkyl halides is 3. The molecule has 1 aromatic rings. The van der Waals surface area contributed by atoms with E-state index in [-0.39, 0.29) is 22.4 Å². The maximum atomic E-state index is 13.0. The number of hydrogen-bond acceptors (Lipinski definition) is 6. The number of allylic oxidation sites excluding steroid dienone is 3. The van der Waals surface area contributed by atoms with Crippen molar-refractivity contribution in [3.8, 4) is 12.1 Å². The van der Waals surface area contributed by atoms with E-state index in [9.17, 15) is 36.9 Å². The minimum Gasteiger partial charge on any atom is -0.371 e. The van der Waals surface area contributed by atoms with Gasteiger partial charge in [-0.25, -0.2) is 17.9 Å². The summed E-state index contributed by atoms with van der Waals surface area (Å²) in [5, 5.41) is 21.7. The lowest BCUT2D eigenvalue weighted by atomic mass is 9.95. The van der Waals surface area contributed by atoms with Crippen LogP contribution in [0.25, 0.3) is 0 Å². The largest absolute Gasteiger partial charge is 0.411 e. The van der Waals surface area contributed by atoms with E-state index in [4.69, 9.17) is 0 Å². The molecule has 1 heterocycles. The van der Waals surface area contributed by atoms with Crippen molar-refractivity contribution < 1.29 is 31.1 Å². The van der Waals surface area contributed by atoms with Crippen LogP contribution in [0.2, 0.25) is 0 Å². The molecule has 0 unspecified atom stereocenters. The standard InChI is InChI=1S/C22H22F3N5O4S/c1-4-16(5-2)30-14(3)18(12-27)20(29-21(30)31)17-7-6-15(11-26)10-19(17)35(32,33)28-8-9-34-13-22(23,24)25/h4-7,10,20,28H,1,8-9,13H2,2-3H3,(H,29,31)/b16-5+/t20-/m1/s1. The van der Waals surface area contributed by atoms with Gasteiger partial charge in [-0.2, -0.15) is 23.7 Å². The monoisotopic (exact) mass is 509 g/mol. The second kappa shape index (κ2) is 11.2. The van der Waals surface area contributed by atoms with Gasteiger partial charge in [-0.3, -0.25) is 4.90 Å². The lowest BCUT2D eigenvalue weighted by Crippen LogP contribution is -2.46. The quantitative estimate of drug-likeness (QED) is 0.387. The van der Waals surface area contributed by atoms with Gasteiger partial charge in [0.05, 0.1) is 40.8 Å². The van der Waals surface area contributed by atoms with Gasteiger partial charge in [0.1, 0.15) is 6.61 Å². The Balaban J connectivity index is 2.49. The summed E-state index contributed by atoms with van der Waals surface area (Å²) in [6.07, 6.45) is -1.54. The van der Waals surface area contributed by atoms with Crippen molar-refractivity contribution in [3.05, 3.63) is 65.0 Å². The molecule has 2 rings (SSSR count). The van der Waals surface area contributed by atoms with Gasteiger partial charge in [-0.15, -0.1) is 0 Å². The highest BCUT2D eigenvalue weighted by Crippen LogP contribution is 2.35. The number of sulfonamides is 1. The van der Waals surface area contributed by atoms with Gasteiger partial charge in [0.2, 0.25) is 10.0 Å². The van der Waals surface area contributed by atoms with E-state index in [1.54, 1.807) is 13.0 Å². The molecule has 0 radical (unpaired) electrons. The van der Waals surface area contributed by atoms with E-state index in [1.807, 2.05) is 12.1 Å². The highest BCUT2D eigenvalue weighted by molar-refractivity contribution is 7.89. The van der Waals surface area contributed by atoms with Crippen LogP contribution in [-0.4, -0.2) is 45.3 Å². The van der Waals surface area contributed by atoms with Gasteiger partial charge in [0.15, 0.2) is 0 Å². The molecular formula is C22H22F3N5O4S. The highest BCUT2D eigenvalue weighted by atomic mass is 32.2. The van der Waals surface area contributed by atoms with E-state index in [2.05, 4.69) is 21.4 Å². The van der Waals surface area contributed by atoms with Crippen LogP contribution in [0.3, 0.4) is 0 Å². The molecule has 1 aromatic carbocycles. The fourth-order valence-corrected chi connectivity index (χ4v) is 4.64. The van der Waals surface area contributed by atoms with Crippen LogP contribution < -0.4 is 10.0 Å². The van der Waals surface area contributed by atoms with Gasteiger partial charge in [0, 0.05) is 17.9 Å². The van der Waals surface area contributed by atoms with E-state index < -0.39 is 52.9 Å². The van der Waals surface area contributed by atoms with Crippen LogP contribution >= 0.6 is 0 Å². The highest BCUT2D eigenvalue weighted by Gasteiger charge is 2.36. The van der Waals surface area contributed by atoms with Crippen molar-refractivity contribution in [1.82, 2.24) is 14.9 Å². The Morgan fingerprint density at radius 2 is 2.03 bits per heavy atom. The van der Waals surface area contributed by atoms with E-state index in [0.717, 1.165) is 6.07 Å². The van der Waals surface area contributed by atoms with Crippen LogP contribution in [0.15, 0.2) is 58.8 Å². The summed E-state index contributed by atoms with van der Waals surface area (Å²) in [6.45, 7) is 4.25. The Hall–Kier alpha value is -3.65. The number of rotatable bonds is 9. The third-order valence-corrected chi connectivity index (χ3v) is 6.43. The Morgan fingerprint density at radius 3 is 2.57 bits per heavy atom. The average molecular weight is 510 g/mol. The lowest BCUT2D eigenvalue weighted by Gasteiger charge is -2.35. The van der Waals surface area contributed by atoms with Crippen LogP contribution in [0.1, 0.15) is 31.0 Å². The molecule has 0 fully saturated rings. The summed E-state index contributed by atoms with van der Waals surface area (Å²) < 4.78 is 69.2. The maximum absolute atomic E-state index is 13.0. The lowest BCUT2D eigenvalue weighted by molar-refractivity contribution is -0.173. The smallest absolute Gasteiger partial charge is 0.371 e. The number of urea groups is 1. The zero-order valence-electron chi connectivity index (χ0n) is 18.8. The molecule has 0 saturated carbocycles. The molecule has 0 saturated heterocycles. The molecule has 9 nitrogen and oxygen atoms in total. The number of nitriles is 2. The molecule has 0 spiro atoms.